The van der Waals surface area contributed by atoms with Crippen molar-refractivity contribution in [2.75, 3.05) is 13.1 Å². The zero-order chi connectivity index (χ0) is 18.1. The Morgan fingerprint density at radius 2 is 1.12 bits per heavy atom. The highest BCUT2D eigenvalue weighted by molar-refractivity contribution is 5.40. The molecule has 2 N–H and O–H groups in total. The van der Waals surface area contributed by atoms with E-state index in [4.69, 9.17) is 0 Å². The molecule has 132 valence electrons. The Kier molecular flexibility index (Phi) is 7.00. The van der Waals surface area contributed by atoms with Crippen LogP contribution in [0.5, 0.6) is 0 Å². The van der Waals surface area contributed by atoms with Gasteiger partial charge in [-0.3, -0.25) is 20.2 Å². The highest BCUT2D eigenvalue weighted by atomic mass is 16.6. The number of nitrogens with zero attached hydrogens (tertiary/aromatic N) is 2. The van der Waals surface area contributed by atoms with Gasteiger partial charge in [-0.25, -0.2) is 0 Å². The molecular formula is C17H20N4O4. The van der Waals surface area contributed by atoms with Crippen LogP contribution in [0.4, 0.5) is 11.4 Å². The van der Waals surface area contributed by atoms with Gasteiger partial charge in [-0.2, -0.15) is 0 Å². The molecule has 0 aliphatic carbocycles. The molecule has 0 bridgehead atoms. The fraction of sp³-hybridized carbons (Fsp3) is 0.294. The zero-order valence-corrected chi connectivity index (χ0v) is 13.7. The van der Waals surface area contributed by atoms with Gasteiger partial charge in [0.05, 0.1) is 9.85 Å². The minimum absolute atomic E-state index is 0.115. The molecule has 0 saturated carbocycles. The van der Waals surface area contributed by atoms with Gasteiger partial charge in [-0.05, 0) is 19.5 Å². The first kappa shape index (κ1) is 18.5. The molecule has 0 unspecified atom stereocenters. The van der Waals surface area contributed by atoms with Crippen LogP contribution < -0.4 is 10.6 Å². The van der Waals surface area contributed by atoms with E-state index in [1.165, 1.54) is 12.1 Å². The van der Waals surface area contributed by atoms with Gasteiger partial charge in [0.1, 0.15) is 0 Å². The third-order valence-corrected chi connectivity index (χ3v) is 3.71. The van der Waals surface area contributed by atoms with Crippen molar-refractivity contribution < 1.29 is 9.85 Å². The second kappa shape index (κ2) is 9.45. The summed E-state index contributed by atoms with van der Waals surface area (Å²) in [5, 5.41) is 28.2. The predicted octanol–water partition coefficient (Wildman–Crippen LogP) is 2.77. The summed E-state index contributed by atoms with van der Waals surface area (Å²) in [5.74, 6) is 0. The Morgan fingerprint density at radius 3 is 1.52 bits per heavy atom. The highest BCUT2D eigenvalue weighted by Crippen LogP contribution is 2.17. The van der Waals surface area contributed by atoms with E-state index in [-0.39, 0.29) is 21.2 Å². The SMILES string of the molecule is O=[N+]([O-])c1ccccc1CNCCCNCc1ccccc1[N+](=O)[O-]. The van der Waals surface area contributed by atoms with E-state index in [0.29, 0.717) is 37.3 Å². The maximum atomic E-state index is 10.9. The predicted molar refractivity (Wildman–Crippen MR) is 94.2 cm³/mol. The number of nitro benzene ring substituents is 2. The molecule has 0 aromatic heterocycles. The van der Waals surface area contributed by atoms with E-state index >= 15 is 0 Å². The van der Waals surface area contributed by atoms with Gasteiger partial charge in [-0.15, -0.1) is 0 Å². The third kappa shape index (κ3) is 5.63. The molecule has 25 heavy (non-hydrogen) atoms. The van der Waals surface area contributed by atoms with Crippen molar-refractivity contribution in [3.8, 4) is 0 Å². The Labute approximate surface area is 145 Å². The second-order valence-corrected chi connectivity index (χ2v) is 5.48. The Bertz CT molecular complexity index is 675. The number of nitrogens with one attached hydrogen (secondary N) is 2. The molecule has 0 aliphatic rings. The van der Waals surface area contributed by atoms with E-state index in [1.807, 2.05) is 0 Å². The lowest BCUT2D eigenvalue weighted by atomic mass is 10.2. The zero-order valence-electron chi connectivity index (χ0n) is 13.7. The molecule has 0 fully saturated rings. The van der Waals surface area contributed by atoms with Crippen molar-refractivity contribution in [3.05, 3.63) is 79.9 Å². The molecule has 8 heteroatoms. The molecule has 0 saturated heterocycles. The highest BCUT2D eigenvalue weighted by Gasteiger charge is 2.12. The maximum absolute atomic E-state index is 10.9. The van der Waals surface area contributed by atoms with Crippen LogP contribution in [0.15, 0.2) is 48.5 Å². The minimum atomic E-state index is -0.384. The van der Waals surface area contributed by atoms with Crippen LogP contribution in [0, 0.1) is 20.2 Å². The van der Waals surface area contributed by atoms with Gasteiger partial charge in [0.25, 0.3) is 11.4 Å². The average molecular weight is 344 g/mol. The lowest BCUT2D eigenvalue weighted by molar-refractivity contribution is -0.385. The lowest BCUT2D eigenvalue weighted by Gasteiger charge is -2.07. The number of hydrogen-bond acceptors (Lipinski definition) is 6. The molecular weight excluding hydrogens is 324 g/mol. The summed E-state index contributed by atoms with van der Waals surface area (Å²) < 4.78 is 0. The van der Waals surface area contributed by atoms with Crippen molar-refractivity contribution in [1.29, 1.82) is 0 Å². The maximum Gasteiger partial charge on any atom is 0.273 e. The normalized spacial score (nSPS) is 10.6. The summed E-state index contributed by atoms with van der Waals surface area (Å²) in [7, 11) is 0. The average Bonchev–Trinajstić information content (AvgIpc) is 2.61. The van der Waals surface area contributed by atoms with Crippen LogP contribution in [0.25, 0.3) is 0 Å². The smallest absolute Gasteiger partial charge is 0.273 e. The summed E-state index contributed by atoms with van der Waals surface area (Å²) in [5.41, 5.74) is 1.54. The summed E-state index contributed by atoms with van der Waals surface area (Å²) in [6.45, 7) is 2.24. The minimum Gasteiger partial charge on any atom is -0.312 e. The van der Waals surface area contributed by atoms with E-state index < -0.39 is 0 Å². The van der Waals surface area contributed by atoms with E-state index in [9.17, 15) is 20.2 Å². The molecule has 0 atom stereocenters. The number of para-hydroxylation sites is 2. The van der Waals surface area contributed by atoms with Crippen molar-refractivity contribution in [2.24, 2.45) is 0 Å². The van der Waals surface area contributed by atoms with Crippen LogP contribution in [-0.4, -0.2) is 22.9 Å². The fourth-order valence-corrected chi connectivity index (χ4v) is 2.46. The van der Waals surface area contributed by atoms with E-state index in [1.54, 1.807) is 36.4 Å². The van der Waals surface area contributed by atoms with Gasteiger partial charge < -0.3 is 10.6 Å². The fourth-order valence-electron chi connectivity index (χ4n) is 2.46. The van der Waals surface area contributed by atoms with E-state index in [2.05, 4.69) is 10.6 Å². The number of nitro groups is 2. The topological polar surface area (TPSA) is 110 Å². The first-order chi connectivity index (χ1) is 12.1. The van der Waals surface area contributed by atoms with Crippen molar-refractivity contribution in [2.45, 2.75) is 19.5 Å². The van der Waals surface area contributed by atoms with Gasteiger partial charge in [0.2, 0.25) is 0 Å². The Morgan fingerprint density at radius 1 is 0.720 bits per heavy atom. The van der Waals surface area contributed by atoms with Gasteiger partial charge >= 0.3 is 0 Å². The Balaban J connectivity index is 1.68. The van der Waals surface area contributed by atoms with E-state index in [0.717, 1.165) is 6.42 Å². The second-order valence-electron chi connectivity index (χ2n) is 5.48. The number of rotatable bonds is 10. The largest absolute Gasteiger partial charge is 0.312 e. The van der Waals surface area contributed by atoms with Crippen molar-refractivity contribution in [3.63, 3.8) is 0 Å². The van der Waals surface area contributed by atoms with Crippen LogP contribution in [0.1, 0.15) is 17.5 Å². The van der Waals surface area contributed by atoms with Crippen LogP contribution in [0.3, 0.4) is 0 Å². The molecule has 2 rings (SSSR count). The van der Waals surface area contributed by atoms with Gasteiger partial charge in [0, 0.05) is 36.3 Å². The van der Waals surface area contributed by atoms with Crippen molar-refractivity contribution >= 4 is 11.4 Å². The van der Waals surface area contributed by atoms with Crippen molar-refractivity contribution in [1.82, 2.24) is 10.6 Å². The molecule has 0 aliphatic heterocycles. The quantitative estimate of drug-likeness (QED) is 0.389. The summed E-state index contributed by atoms with van der Waals surface area (Å²) in [6, 6.07) is 13.3. The molecule has 0 amide bonds. The molecule has 0 radical (unpaired) electrons. The standard InChI is InChI=1S/C17H20N4O4/c22-20(23)16-8-3-1-6-14(16)12-18-10-5-11-19-13-15-7-2-4-9-17(15)21(24)25/h1-4,6-9,18-19H,5,10-13H2. The van der Waals surface area contributed by atoms with Gasteiger partial charge in [0.15, 0.2) is 0 Å². The monoisotopic (exact) mass is 344 g/mol. The van der Waals surface area contributed by atoms with Gasteiger partial charge in [-0.1, -0.05) is 36.4 Å². The molecule has 2 aromatic rings. The number of hydrogen-bond donors (Lipinski definition) is 2. The third-order valence-electron chi connectivity index (χ3n) is 3.71. The first-order valence-electron chi connectivity index (χ1n) is 7.95. The summed E-state index contributed by atoms with van der Waals surface area (Å²) in [6.07, 6.45) is 0.807. The first-order valence-corrected chi connectivity index (χ1v) is 7.95. The lowest BCUT2D eigenvalue weighted by Crippen LogP contribution is -2.22. The molecule has 0 spiro atoms. The van der Waals surface area contributed by atoms with Crippen LogP contribution in [-0.2, 0) is 13.1 Å². The summed E-state index contributed by atoms with van der Waals surface area (Å²) >= 11 is 0. The molecule has 8 nitrogen and oxygen atoms in total. The Hall–Kier alpha value is -2.84. The molecule has 0 heterocycles. The number of benzene rings is 2. The van der Waals surface area contributed by atoms with Crippen LogP contribution in [0.2, 0.25) is 0 Å². The van der Waals surface area contributed by atoms with Crippen LogP contribution >= 0.6 is 0 Å². The summed E-state index contributed by atoms with van der Waals surface area (Å²) in [4.78, 5) is 21.1. The molecule has 2 aromatic carbocycles.